The summed E-state index contributed by atoms with van der Waals surface area (Å²) in [5, 5.41) is 7.96. The summed E-state index contributed by atoms with van der Waals surface area (Å²) in [6, 6.07) is 33.5. The topological polar surface area (TPSA) is 48.0 Å². The molecule has 0 atom stereocenters. The molecule has 6 aromatic rings. The molecule has 0 N–H and O–H groups in total. The third-order valence-corrected chi connectivity index (χ3v) is 5.87. The van der Waals surface area contributed by atoms with Crippen LogP contribution in [0.5, 0.6) is 0 Å². The van der Waals surface area contributed by atoms with Crippen molar-refractivity contribution in [3.05, 3.63) is 127 Å². The minimum absolute atomic E-state index is 0.0613. The highest BCUT2D eigenvalue weighted by atomic mass is 16.3. The van der Waals surface area contributed by atoms with Gasteiger partial charge in [-0.25, -0.2) is 4.68 Å². The number of hydrogen-bond donors (Lipinski definition) is 0. The van der Waals surface area contributed by atoms with E-state index < -0.39 is 0 Å². The Bertz CT molecular complexity index is 1640. The Morgan fingerprint density at radius 2 is 1.50 bits per heavy atom. The van der Waals surface area contributed by atoms with E-state index in [0.717, 1.165) is 33.0 Å². The summed E-state index contributed by atoms with van der Waals surface area (Å²) in [7, 11) is 0. The predicted octanol–water partition coefficient (Wildman–Crippen LogP) is 7.33. The number of aromatic nitrogens is 2. The average molecular weight is 441 g/mol. The molecule has 34 heavy (non-hydrogen) atoms. The van der Waals surface area contributed by atoms with Gasteiger partial charge in [-0.15, -0.1) is 0 Å². The van der Waals surface area contributed by atoms with Gasteiger partial charge in [-0.1, -0.05) is 72.8 Å². The number of allylic oxidation sites excluding steroid dienone is 1. The SMILES string of the molecule is O=C(C=Cc1cn(-c2ccccc2)nc1-c1cc2ccccc2o1)c1ccc2ccccc2c1. The Labute approximate surface area is 196 Å². The van der Waals surface area contributed by atoms with Gasteiger partial charge >= 0.3 is 0 Å². The van der Waals surface area contributed by atoms with Crippen LogP contribution in [0, 0.1) is 0 Å². The van der Waals surface area contributed by atoms with Crippen LogP contribution in [0.25, 0.3) is 45.0 Å². The number of fused-ring (bicyclic) bond motifs is 2. The summed E-state index contributed by atoms with van der Waals surface area (Å²) in [5.74, 6) is 0.599. The van der Waals surface area contributed by atoms with Gasteiger partial charge in [-0.2, -0.15) is 5.10 Å². The maximum atomic E-state index is 13.0. The monoisotopic (exact) mass is 440 g/mol. The second-order valence-electron chi connectivity index (χ2n) is 8.12. The van der Waals surface area contributed by atoms with Crippen molar-refractivity contribution in [3.8, 4) is 17.1 Å². The highest BCUT2D eigenvalue weighted by molar-refractivity contribution is 6.09. The first-order chi connectivity index (χ1) is 16.7. The van der Waals surface area contributed by atoms with Crippen molar-refractivity contribution in [2.45, 2.75) is 0 Å². The maximum absolute atomic E-state index is 13.0. The minimum Gasteiger partial charge on any atom is -0.454 e. The zero-order chi connectivity index (χ0) is 22.9. The fraction of sp³-hybridized carbons (Fsp3) is 0. The third kappa shape index (κ3) is 3.71. The first-order valence-electron chi connectivity index (χ1n) is 11.1. The number of para-hydroxylation sites is 2. The molecule has 4 aromatic carbocycles. The van der Waals surface area contributed by atoms with E-state index in [1.807, 2.05) is 120 Å². The molecule has 0 saturated heterocycles. The smallest absolute Gasteiger partial charge is 0.185 e. The first-order valence-corrected chi connectivity index (χ1v) is 11.1. The molecule has 6 rings (SSSR count). The van der Waals surface area contributed by atoms with E-state index in [1.54, 1.807) is 6.08 Å². The van der Waals surface area contributed by atoms with Crippen LogP contribution in [0.15, 0.2) is 120 Å². The summed E-state index contributed by atoms with van der Waals surface area (Å²) in [5.41, 5.74) is 3.87. The lowest BCUT2D eigenvalue weighted by atomic mass is 10.0. The zero-order valence-corrected chi connectivity index (χ0v) is 18.3. The molecule has 0 amide bonds. The molecular weight excluding hydrogens is 420 g/mol. The Hall–Kier alpha value is -4.70. The van der Waals surface area contributed by atoms with Crippen molar-refractivity contribution in [1.29, 1.82) is 0 Å². The second kappa shape index (κ2) is 8.34. The van der Waals surface area contributed by atoms with E-state index in [-0.39, 0.29) is 5.78 Å². The van der Waals surface area contributed by atoms with Crippen LogP contribution in [0.1, 0.15) is 15.9 Å². The van der Waals surface area contributed by atoms with Crippen molar-refractivity contribution >= 4 is 33.6 Å². The third-order valence-electron chi connectivity index (χ3n) is 5.87. The van der Waals surface area contributed by atoms with Gasteiger partial charge in [0.1, 0.15) is 11.3 Å². The van der Waals surface area contributed by atoms with E-state index >= 15 is 0 Å². The molecule has 4 heteroatoms. The Morgan fingerprint density at radius 1 is 0.765 bits per heavy atom. The number of nitrogens with zero attached hydrogens (tertiary/aromatic N) is 2. The van der Waals surface area contributed by atoms with Crippen LogP contribution >= 0.6 is 0 Å². The molecule has 0 fully saturated rings. The van der Waals surface area contributed by atoms with Crippen LogP contribution in [0.3, 0.4) is 0 Å². The summed E-state index contributed by atoms with van der Waals surface area (Å²) in [6.07, 6.45) is 5.33. The summed E-state index contributed by atoms with van der Waals surface area (Å²) >= 11 is 0. The summed E-state index contributed by atoms with van der Waals surface area (Å²) in [6.45, 7) is 0. The largest absolute Gasteiger partial charge is 0.454 e. The van der Waals surface area contributed by atoms with Crippen LogP contribution in [-0.4, -0.2) is 15.6 Å². The van der Waals surface area contributed by atoms with Gasteiger partial charge in [-0.05, 0) is 53.3 Å². The van der Waals surface area contributed by atoms with Gasteiger partial charge in [0, 0.05) is 22.7 Å². The molecule has 0 radical (unpaired) electrons. The van der Waals surface area contributed by atoms with Gasteiger partial charge in [0.05, 0.1) is 5.69 Å². The Balaban J connectivity index is 1.40. The lowest BCUT2D eigenvalue weighted by Crippen LogP contribution is -1.93. The lowest BCUT2D eigenvalue weighted by molar-refractivity contribution is 0.104. The number of ketones is 1. The van der Waals surface area contributed by atoms with Gasteiger partial charge in [0.15, 0.2) is 11.5 Å². The number of carbonyl (C=O) groups excluding carboxylic acids is 1. The fourth-order valence-corrected chi connectivity index (χ4v) is 4.12. The highest BCUT2D eigenvalue weighted by Crippen LogP contribution is 2.30. The molecule has 0 spiro atoms. The van der Waals surface area contributed by atoms with Crippen LogP contribution < -0.4 is 0 Å². The van der Waals surface area contributed by atoms with Crippen molar-refractivity contribution in [1.82, 2.24) is 9.78 Å². The summed E-state index contributed by atoms with van der Waals surface area (Å²) in [4.78, 5) is 13.0. The average Bonchev–Trinajstić information content (AvgIpc) is 3.52. The molecule has 162 valence electrons. The molecule has 0 aliphatic heterocycles. The van der Waals surface area contributed by atoms with Gasteiger partial charge in [0.2, 0.25) is 0 Å². The molecule has 2 heterocycles. The van der Waals surface area contributed by atoms with Crippen molar-refractivity contribution < 1.29 is 9.21 Å². The molecule has 0 aliphatic carbocycles. The fourth-order valence-electron chi connectivity index (χ4n) is 4.12. The Morgan fingerprint density at radius 3 is 2.32 bits per heavy atom. The number of furan rings is 1. The van der Waals surface area contributed by atoms with Crippen molar-refractivity contribution in [2.75, 3.05) is 0 Å². The van der Waals surface area contributed by atoms with Crippen LogP contribution in [0.4, 0.5) is 0 Å². The lowest BCUT2D eigenvalue weighted by Gasteiger charge is -2.00. The number of benzene rings is 4. The Kier molecular flexibility index (Phi) is 4.89. The normalized spacial score (nSPS) is 11.5. The summed E-state index contributed by atoms with van der Waals surface area (Å²) < 4.78 is 7.90. The van der Waals surface area contributed by atoms with Crippen molar-refractivity contribution in [3.63, 3.8) is 0 Å². The molecule has 4 nitrogen and oxygen atoms in total. The standard InChI is InChI=1S/C30H20N2O2/c33-27(23-15-14-21-8-4-5-9-22(21)18-23)17-16-25-20-32(26-11-2-1-3-12-26)31-30(25)29-19-24-10-6-7-13-28(24)34-29/h1-20H. The number of rotatable bonds is 5. The number of carbonyl (C=O) groups is 1. The maximum Gasteiger partial charge on any atom is 0.185 e. The van der Waals surface area contributed by atoms with E-state index in [1.165, 1.54) is 0 Å². The minimum atomic E-state index is -0.0613. The van der Waals surface area contributed by atoms with E-state index in [9.17, 15) is 4.79 Å². The second-order valence-corrected chi connectivity index (χ2v) is 8.12. The molecule has 0 aliphatic rings. The van der Waals surface area contributed by atoms with Gasteiger partial charge in [0.25, 0.3) is 0 Å². The van der Waals surface area contributed by atoms with Crippen LogP contribution in [0.2, 0.25) is 0 Å². The molecule has 0 saturated carbocycles. The molecule has 2 aromatic heterocycles. The highest BCUT2D eigenvalue weighted by Gasteiger charge is 2.15. The van der Waals surface area contributed by atoms with Gasteiger partial charge in [-0.3, -0.25) is 4.79 Å². The zero-order valence-electron chi connectivity index (χ0n) is 18.3. The van der Waals surface area contributed by atoms with E-state index in [0.29, 0.717) is 17.0 Å². The molecular formula is C30H20N2O2. The molecule has 0 unspecified atom stereocenters. The first kappa shape index (κ1) is 19.9. The number of hydrogen-bond acceptors (Lipinski definition) is 3. The quantitative estimate of drug-likeness (QED) is 0.208. The van der Waals surface area contributed by atoms with Gasteiger partial charge < -0.3 is 4.42 Å². The van der Waals surface area contributed by atoms with Crippen molar-refractivity contribution in [2.24, 2.45) is 0 Å². The van der Waals surface area contributed by atoms with E-state index in [4.69, 9.17) is 9.52 Å². The predicted molar refractivity (Wildman–Crippen MR) is 136 cm³/mol. The van der Waals surface area contributed by atoms with Crippen LogP contribution in [-0.2, 0) is 0 Å². The van der Waals surface area contributed by atoms with E-state index in [2.05, 4.69) is 0 Å². The molecule has 0 bridgehead atoms.